The minimum Gasteiger partial charge on any atom is -0.486 e. The van der Waals surface area contributed by atoms with Crippen LogP contribution in [0.1, 0.15) is 11.4 Å². The molecule has 0 saturated carbocycles. The minimum atomic E-state index is 0.310. The second kappa shape index (κ2) is 6.49. The Morgan fingerprint density at radius 2 is 1.82 bits per heavy atom. The van der Waals surface area contributed by atoms with Gasteiger partial charge in [-0.3, -0.25) is 5.10 Å². The van der Waals surface area contributed by atoms with Crippen molar-refractivity contribution in [2.75, 3.05) is 5.32 Å². The zero-order valence-corrected chi connectivity index (χ0v) is 12.8. The number of aromatic amines is 1. The van der Waals surface area contributed by atoms with Gasteiger partial charge in [-0.1, -0.05) is 29.3 Å². The smallest absolute Gasteiger partial charge is 0.246 e. The lowest BCUT2D eigenvalue weighted by Crippen LogP contribution is -1.98. The molecule has 1 heterocycles. The molecule has 0 amide bonds. The minimum absolute atomic E-state index is 0.310. The SMILES string of the molecule is Cc1ccc(Nc2n[nH]c(COc3ccc(Cl)cc3)n2)cc1. The number of ether oxygens (including phenoxy) is 1. The highest BCUT2D eigenvalue weighted by molar-refractivity contribution is 6.30. The predicted molar refractivity (Wildman–Crippen MR) is 86.6 cm³/mol. The molecule has 112 valence electrons. The molecule has 5 nitrogen and oxygen atoms in total. The molecule has 0 bridgehead atoms. The fraction of sp³-hybridized carbons (Fsp3) is 0.125. The number of hydrogen-bond donors (Lipinski definition) is 2. The molecular formula is C16H15ClN4O. The Bertz CT molecular complexity index is 738. The first-order chi connectivity index (χ1) is 10.7. The van der Waals surface area contributed by atoms with Gasteiger partial charge >= 0.3 is 0 Å². The summed E-state index contributed by atoms with van der Waals surface area (Å²) in [6.45, 7) is 2.35. The standard InChI is InChI=1S/C16H15ClN4O/c1-11-2-6-13(7-3-11)18-16-19-15(20-21-16)10-22-14-8-4-12(17)5-9-14/h2-9H,10H2,1H3,(H2,18,19,20,21). The van der Waals surface area contributed by atoms with Crippen LogP contribution in [0.2, 0.25) is 5.02 Å². The Labute approximate surface area is 133 Å². The van der Waals surface area contributed by atoms with Crippen molar-refractivity contribution in [1.82, 2.24) is 15.2 Å². The molecule has 0 fully saturated rings. The maximum atomic E-state index is 5.83. The van der Waals surface area contributed by atoms with Gasteiger partial charge in [-0.2, -0.15) is 4.98 Å². The Morgan fingerprint density at radius 3 is 2.55 bits per heavy atom. The lowest BCUT2D eigenvalue weighted by atomic mass is 10.2. The first-order valence-corrected chi connectivity index (χ1v) is 7.20. The predicted octanol–water partition coefficient (Wildman–Crippen LogP) is 4.09. The summed E-state index contributed by atoms with van der Waals surface area (Å²) in [5.41, 5.74) is 2.15. The summed E-state index contributed by atoms with van der Waals surface area (Å²) in [7, 11) is 0. The van der Waals surface area contributed by atoms with Gasteiger partial charge in [-0.25, -0.2) is 0 Å². The maximum absolute atomic E-state index is 5.83. The summed E-state index contributed by atoms with van der Waals surface area (Å²) >= 11 is 5.83. The van der Waals surface area contributed by atoms with Crippen molar-refractivity contribution in [3.05, 3.63) is 64.9 Å². The average molecular weight is 315 g/mol. The topological polar surface area (TPSA) is 62.8 Å². The van der Waals surface area contributed by atoms with E-state index in [0.29, 0.717) is 23.4 Å². The monoisotopic (exact) mass is 314 g/mol. The molecule has 0 atom stereocenters. The molecule has 1 aromatic heterocycles. The van der Waals surface area contributed by atoms with Crippen molar-refractivity contribution in [3.63, 3.8) is 0 Å². The molecule has 0 spiro atoms. The summed E-state index contributed by atoms with van der Waals surface area (Å²) in [6, 6.07) is 15.2. The number of aryl methyl sites for hydroxylation is 1. The van der Waals surface area contributed by atoms with E-state index in [0.717, 1.165) is 11.4 Å². The molecule has 0 aliphatic rings. The largest absolute Gasteiger partial charge is 0.486 e. The normalized spacial score (nSPS) is 10.5. The van der Waals surface area contributed by atoms with Crippen LogP contribution in [0.3, 0.4) is 0 Å². The number of rotatable bonds is 5. The summed E-state index contributed by atoms with van der Waals surface area (Å²) < 4.78 is 5.61. The van der Waals surface area contributed by atoms with E-state index in [1.54, 1.807) is 12.1 Å². The summed E-state index contributed by atoms with van der Waals surface area (Å²) in [6.07, 6.45) is 0. The Balaban J connectivity index is 1.59. The van der Waals surface area contributed by atoms with E-state index >= 15 is 0 Å². The first-order valence-electron chi connectivity index (χ1n) is 6.82. The Hall–Kier alpha value is -2.53. The fourth-order valence-corrected chi connectivity index (χ4v) is 1.99. The van der Waals surface area contributed by atoms with E-state index < -0.39 is 0 Å². The molecule has 2 N–H and O–H groups in total. The van der Waals surface area contributed by atoms with Crippen LogP contribution in [-0.2, 0) is 6.61 Å². The van der Waals surface area contributed by atoms with E-state index in [-0.39, 0.29) is 0 Å². The van der Waals surface area contributed by atoms with Crippen molar-refractivity contribution >= 4 is 23.2 Å². The Morgan fingerprint density at radius 1 is 1.09 bits per heavy atom. The van der Waals surface area contributed by atoms with E-state index in [1.165, 1.54) is 5.56 Å². The molecule has 0 saturated heterocycles. The van der Waals surface area contributed by atoms with Crippen molar-refractivity contribution < 1.29 is 4.74 Å². The highest BCUT2D eigenvalue weighted by Gasteiger charge is 2.04. The highest BCUT2D eigenvalue weighted by Crippen LogP contribution is 2.17. The van der Waals surface area contributed by atoms with Crippen LogP contribution >= 0.6 is 11.6 Å². The molecule has 0 unspecified atom stereocenters. The van der Waals surface area contributed by atoms with Crippen LogP contribution in [0.15, 0.2) is 48.5 Å². The molecule has 0 aliphatic carbocycles. The fourth-order valence-electron chi connectivity index (χ4n) is 1.86. The molecule has 3 aromatic rings. The molecular weight excluding hydrogens is 300 g/mol. The molecule has 22 heavy (non-hydrogen) atoms. The molecule has 0 radical (unpaired) electrons. The van der Waals surface area contributed by atoms with E-state index in [9.17, 15) is 0 Å². The zero-order valence-electron chi connectivity index (χ0n) is 12.0. The number of aromatic nitrogens is 3. The van der Waals surface area contributed by atoms with Crippen molar-refractivity contribution in [2.45, 2.75) is 13.5 Å². The van der Waals surface area contributed by atoms with E-state index in [4.69, 9.17) is 16.3 Å². The number of nitrogens with one attached hydrogen (secondary N) is 2. The van der Waals surface area contributed by atoms with Crippen LogP contribution in [0.4, 0.5) is 11.6 Å². The van der Waals surface area contributed by atoms with Gasteiger partial charge in [-0.05, 0) is 43.3 Å². The van der Waals surface area contributed by atoms with Crippen LogP contribution in [0, 0.1) is 6.92 Å². The Kier molecular flexibility index (Phi) is 4.25. The molecule has 6 heteroatoms. The van der Waals surface area contributed by atoms with Crippen molar-refractivity contribution in [2.24, 2.45) is 0 Å². The average Bonchev–Trinajstić information content (AvgIpc) is 2.97. The molecule has 3 rings (SSSR count). The number of H-pyrrole nitrogens is 1. The first kappa shape index (κ1) is 14.4. The quantitative estimate of drug-likeness (QED) is 0.744. The van der Waals surface area contributed by atoms with Gasteiger partial charge in [0, 0.05) is 10.7 Å². The van der Waals surface area contributed by atoms with Gasteiger partial charge in [-0.15, -0.1) is 5.10 Å². The van der Waals surface area contributed by atoms with E-state index in [2.05, 4.69) is 20.5 Å². The number of hydrogen-bond acceptors (Lipinski definition) is 4. The third-order valence-electron chi connectivity index (χ3n) is 3.03. The zero-order chi connectivity index (χ0) is 15.4. The van der Waals surface area contributed by atoms with Gasteiger partial charge in [0.05, 0.1) is 0 Å². The van der Waals surface area contributed by atoms with Crippen LogP contribution < -0.4 is 10.1 Å². The summed E-state index contributed by atoms with van der Waals surface area (Å²) in [5.74, 6) is 1.89. The van der Waals surface area contributed by atoms with Crippen LogP contribution in [0.5, 0.6) is 5.75 Å². The number of anilines is 2. The maximum Gasteiger partial charge on any atom is 0.246 e. The van der Waals surface area contributed by atoms with Crippen molar-refractivity contribution in [1.29, 1.82) is 0 Å². The van der Waals surface area contributed by atoms with E-state index in [1.807, 2.05) is 43.3 Å². The highest BCUT2D eigenvalue weighted by atomic mass is 35.5. The molecule has 0 aliphatic heterocycles. The number of nitrogens with zero attached hydrogens (tertiary/aromatic N) is 2. The van der Waals surface area contributed by atoms with Gasteiger partial charge in [0.2, 0.25) is 5.95 Å². The number of halogens is 1. The molecule has 2 aromatic carbocycles. The number of benzene rings is 2. The van der Waals surface area contributed by atoms with Gasteiger partial charge in [0.25, 0.3) is 0 Å². The third-order valence-corrected chi connectivity index (χ3v) is 3.28. The summed E-state index contributed by atoms with van der Waals surface area (Å²) in [5, 5.41) is 10.8. The van der Waals surface area contributed by atoms with Crippen molar-refractivity contribution in [3.8, 4) is 5.75 Å². The van der Waals surface area contributed by atoms with Crippen LogP contribution in [0.25, 0.3) is 0 Å². The van der Waals surface area contributed by atoms with Gasteiger partial charge in [0.1, 0.15) is 12.4 Å². The second-order valence-corrected chi connectivity index (χ2v) is 5.28. The lowest BCUT2D eigenvalue weighted by Gasteiger charge is -2.03. The van der Waals surface area contributed by atoms with Gasteiger partial charge in [0.15, 0.2) is 5.82 Å². The summed E-state index contributed by atoms with van der Waals surface area (Å²) in [4.78, 5) is 4.33. The third kappa shape index (κ3) is 3.77. The second-order valence-electron chi connectivity index (χ2n) is 4.84. The van der Waals surface area contributed by atoms with Crippen LogP contribution in [-0.4, -0.2) is 15.2 Å². The van der Waals surface area contributed by atoms with Gasteiger partial charge < -0.3 is 10.1 Å². The lowest BCUT2D eigenvalue weighted by molar-refractivity contribution is 0.296.